The molecule has 0 aromatic carbocycles. The molecule has 0 amide bonds. The zero-order valence-electron chi connectivity index (χ0n) is 11.1. The van der Waals surface area contributed by atoms with E-state index < -0.39 is 0 Å². The van der Waals surface area contributed by atoms with Crippen molar-refractivity contribution in [2.75, 3.05) is 0 Å². The number of carbonyl (C=O) groups excluding carboxylic acids is 1. The molecule has 2 fully saturated rings. The van der Waals surface area contributed by atoms with Gasteiger partial charge < -0.3 is 9.78 Å². The highest BCUT2D eigenvalue weighted by atomic mass is 16.1. The van der Waals surface area contributed by atoms with E-state index in [1.165, 1.54) is 37.8 Å². The van der Waals surface area contributed by atoms with Crippen LogP contribution in [-0.2, 0) is 4.79 Å². The molecule has 1 heterocycles. The van der Waals surface area contributed by atoms with Crippen molar-refractivity contribution in [2.24, 2.45) is 17.8 Å². The van der Waals surface area contributed by atoms with Crippen LogP contribution in [0.25, 0.3) is 0 Å². The number of imidazole rings is 1. The molecule has 3 nitrogen and oxygen atoms in total. The first-order chi connectivity index (χ1) is 8.75. The van der Waals surface area contributed by atoms with Gasteiger partial charge in [0.1, 0.15) is 5.78 Å². The molecule has 2 aliphatic rings. The first-order valence-corrected chi connectivity index (χ1v) is 7.23. The highest BCUT2D eigenvalue weighted by molar-refractivity contribution is 5.75. The molecule has 0 radical (unpaired) electrons. The molecule has 2 aliphatic carbocycles. The summed E-state index contributed by atoms with van der Waals surface area (Å²) in [4.78, 5) is 18.8. The Labute approximate surface area is 108 Å². The zero-order chi connectivity index (χ0) is 12.5. The van der Waals surface area contributed by atoms with Crippen molar-refractivity contribution in [1.82, 2.24) is 9.97 Å². The SMILES string of the molecule is CC(=O)CC1CCCC[C@H]1[C@@H]1C[C@H]1c1cnc[nH]1. The van der Waals surface area contributed by atoms with Crippen molar-refractivity contribution >= 4 is 5.78 Å². The van der Waals surface area contributed by atoms with Crippen LogP contribution in [0.15, 0.2) is 12.5 Å². The third-order valence-corrected chi connectivity index (χ3v) is 4.83. The van der Waals surface area contributed by atoms with E-state index in [1.54, 1.807) is 13.3 Å². The Morgan fingerprint density at radius 3 is 2.94 bits per heavy atom. The number of hydrogen-bond donors (Lipinski definition) is 1. The van der Waals surface area contributed by atoms with Crippen LogP contribution in [0.5, 0.6) is 0 Å². The summed E-state index contributed by atoms with van der Waals surface area (Å²) in [7, 11) is 0. The van der Waals surface area contributed by atoms with Gasteiger partial charge in [-0.15, -0.1) is 0 Å². The van der Waals surface area contributed by atoms with Gasteiger partial charge in [-0.3, -0.25) is 0 Å². The van der Waals surface area contributed by atoms with Crippen LogP contribution in [-0.4, -0.2) is 15.8 Å². The molecule has 4 atom stereocenters. The molecule has 3 heteroatoms. The van der Waals surface area contributed by atoms with Crippen LogP contribution in [0.3, 0.4) is 0 Å². The number of Topliss-reactive ketones (excluding diaryl/α,β-unsaturated/α-hetero) is 1. The van der Waals surface area contributed by atoms with Gasteiger partial charge in [0.2, 0.25) is 0 Å². The summed E-state index contributed by atoms with van der Waals surface area (Å²) in [6, 6.07) is 0. The number of nitrogens with zero attached hydrogens (tertiary/aromatic N) is 1. The maximum Gasteiger partial charge on any atom is 0.130 e. The molecule has 1 aromatic heterocycles. The summed E-state index contributed by atoms with van der Waals surface area (Å²) in [6.45, 7) is 1.74. The van der Waals surface area contributed by atoms with E-state index in [-0.39, 0.29) is 0 Å². The summed E-state index contributed by atoms with van der Waals surface area (Å²) < 4.78 is 0. The molecule has 3 rings (SSSR count). The van der Waals surface area contributed by atoms with Crippen LogP contribution >= 0.6 is 0 Å². The van der Waals surface area contributed by atoms with Gasteiger partial charge in [-0.1, -0.05) is 12.8 Å². The fourth-order valence-corrected chi connectivity index (χ4v) is 3.94. The molecular formula is C15H22N2O. The Balaban J connectivity index is 1.65. The Kier molecular flexibility index (Phi) is 3.23. The second-order valence-electron chi connectivity index (χ2n) is 6.13. The maximum atomic E-state index is 11.4. The Bertz CT molecular complexity index is 412. The number of H-pyrrole nitrogens is 1. The number of hydrogen-bond acceptors (Lipinski definition) is 2. The standard InChI is InChI=1S/C15H22N2O/c1-10(18)6-11-4-2-3-5-12(11)13-7-14(13)15-8-16-9-17-15/h8-9,11-14H,2-7H2,1H3,(H,16,17)/t11?,12-,13+,14-/m1/s1. The van der Waals surface area contributed by atoms with Crippen molar-refractivity contribution in [3.05, 3.63) is 18.2 Å². The monoisotopic (exact) mass is 246 g/mol. The Hall–Kier alpha value is -1.12. The smallest absolute Gasteiger partial charge is 0.130 e. The predicted octanol–water partition coefficient (Wildman–Crippen LogP) is 3.30. The van der Waals surface area contributed by atoms with Gasteiger partial charge in [0.15, 0.2) is 0 Å². The van der Waals surface area contributed by atoms with Gasteiger partial charge in [-0.05, 0) is 43.9 Å². The van der Waals surface area contributed by atoms with Crippen molar-refractivity contribution in [1.29, 1.82) is 0 Å². The molecule has 1 aromatic rings. The minimum absolute atomic E-state index is 0.366. The van der Waals surface area contributed by atoms with Crippen LogP contribution in [0.4, 0.5) is 0 Å². The molecular weight excluding hydrogens is 224 g/mol. The number of rotatable bonds is 4. The molecule has 18 heavy (non-hydrogen) atoms. The quantitative estimate of drug-likeness (QED) is 0.886. The molecule has 1 N–H and O–H groups in total. The van der Waals surface area contributed by atoms with Crippen LogP contribution in [0.1, 0.15) is 57.1 Å². The molecule has 98 valence electrons. The topological polar surface area (TPSA) is 45.8 Å². The molecule has 0 bridgehead atoms. The Morgan fingerprint density at radius 1 is 1.39 bits per heavy atom. The molecule has 0 aliphatic heterocycles. The lowest BCUT2D eigenvalue weighted by molar-refractivity contribution is -0.118. The lowest BCUT2D eigenvalue weighted by Gasteiger charge is -2.31. The average molecular weight is 246 g/mol. The number of aromatic nitrogens is 2. The van der Waals surface area contributed by atoms with Crippen molar-refractivity contribution in [2.45, 2.75) is 51.4 Å². The lowest BCUT2D eigenvalue weighted by Crippen LogP contribution is -2.23. The number of aromatic amines is 1. The van der Waals surface area contributed by atoms with Crippen LogP contribution in [0.2, 0.25) is 0 Å². The van der Waals surface area contributed by atoms with Gasteiger partial charge in [0.05, 0.1) is 6.33 Å². The van der Waals surface area contributed by atoms with Gasteiger partial charge >= 0.3 is 0 Å². The van der Waals surface area contributed by atoms with Crippen LogP contribution < -0.4 is 0 Å². The number of carbonyl (C=O) groups is 1. The summed E-state index contributed by atoms with van der Waals surface area (Å²) in [6.07, 6.45) is 11.1. The minimum Gasteiger partial charge on any atom is -0.348 e. The first kappa shape index (κ1) is 11.9. The van der Waals surface area contributed by atoms with Gasteiger partial charge in [-0.25, -0.2) is 4.98 Å². The molecule has 1 unspecified atom stereocenters. The van der Waals surface area contributed by atoms with Gasteiger partial charge in [-0.2, -0.15) is 0 Å². The second-order valence-corrected chi connectivity index (χ2v) is 6.13. The first-order valence-electron chi connectivity index (χ1n) is 7.23. The summed E-state index contributed by atoms with van der Waals surface area (Å²) in [5.74, 6) is 3.27. The third kappa shape index (κ3) is 2.36. The molecule has 0 spiro atoms. The highest BCUT2D eigenvalue weighted by Crippen LogP contribution is 2.56. The van der Waals surface area contributed by atoms with E-state index in [9.17, 15) is 4.79 Å². The summed E-state index contributed by atoms with van der Waals surface area (Å²) in [5, 5.41) is 0. The van der Waals surface area contributed by atoms with E-state index >= 15 is 0 Å². The normalized spacial score (nSPS) is 35.4. The maximum absolute atomic E-state index is 11.4. The van der Waals surface area contributed by atoms with Gasteiger partial charge in [0, 0.05) is 24.2 Å². The largest absolute Gasteiger partial charge is 0.348 e. The van der Waals surface area contributed by atoms with Crippen LogP contribution in [0, 0.1) is 17.8 Å². The molecule has 2 saturated carbocycles. The van der Waals surface area contributed by atoms with Crippen molar-refractivity contribution in [3.63, 3.8) is 0 Å². The van der Waals surface area contributed by atoms with E-state index in [4.69, 9.17) is 0 Å². The fraction of sp³-hybridized carbons (Fsp3) is 0.733. The Morgan fingerprint density at radius 2 is 2.22 bits per heavy atom. The van der Waals surface area contributed by atoms with Gasteiger partial charge in [0.25, 0.3) is 0 Å². The highest BCUT2D eigenvalue weighted by Gasteiger charge is 2.47. The third-order valence-electron chi connectivity index (χ3n) is 4.83. The van der Waals surface area contributed by atoms with E-state index in [0.29, 0.717) is 17.6 Å². The number of ketones is 1. The van der Waals surface area contributed by atoms with E-state index in [1.807, 2.05) is 6.20 Å². The fourth-order valence-electron chi connectivity index (χ4n) is 3.94. The minimum atomic E-state index is 0.366. The van der Waals surface area contributed by atoms with Crippen molar-refractivity contribution < 1.29 is 4.79 Å². The van der Waals surface area contributed by atoms with E-state index in [2.05, 4.69) is 9.97 Å². The summed E-state index contributed by atoms with van der Waals surface area (Å²) >= 11 is 0. The average Bonchev–Trinajstić information content (AvgIpc) is 2.95. The second kappa shape index (κ2) is 4.87. The molecule has 0 saturated heterocycles. The van der Waals surface area contributed by atoms with E-state index in [0.717, 1.165) is 18.3 Å². The summed E-state index contributed by atoms with van der Waals surface area (Å²) in [5.41, 5.74) is 1.30. The zero-order valence-corrected chi connectivity index (χ0v) is 11.1. The lowest BCUT2D eigenvalue weighted by atomic mass is 9.74. The number of nitrogens with one attached hydrogen (secondary N) is 1. The van der Waals surface area contributed by atoms with Crippen molar-refractivity contribution in [3.8, 4) is 0 Å². The predicted molar refractivity (Wildman–Crippen MR) is 70.2 cm³/mol.